The number of carbonyl (C=O) groups is 1. The number of nitrogens with one attached hydrogen (secondary N) is 1. The fourth-order valence-corrected chi connectivity index (χ4v) is 4.81. The van der Waals surface area contributed by atoms with Gasteiger partial charge in [0.1, 0.15) is 11.3 Å². The molecule has 1 aliphatic heterocycles. The summed E-state index contributed by atoms with van der Waals surface area (Å²) in [4.78, 5) is 15.7. The Labute approximate surface area is 209 Å². The molecular formula is C29H29FN2O4. The molecule has 0 atom stereocenters. The Morgan fingerprint density at radius 1 is 1.03 bits per heavy atom. The molecule has 6 nitrogen and oxygen atoms in total. The highest BCUT2D eigenvalue weighted by molar-refractivity contribution is 6.08. The van der Waals surface area contributed by atoms with Crippen LogP contribution in [0.4, 0.5) is 4.39 Å². The number of furan rings is 1. The van der Waals surface area contributed by atoms with Crippen molar-refractivity contribution in [2.45, 2.75) is 25.4 Å². The molecule has 4 aromatic rings. The van der Waals surface area contributed by atoms with Crippen LogP contribution >= 0.6 is 0 Å². The second-order valence-electron chi connectivity index (χ2n) is 9.03. The topological polar surface area (TPSA) is 63.9 Å². The van der Waals surface area contributed by atoms with Gasteiger partial charge in [-0.3, -0.25) is 9.69 Å². The maximum absolute atomic E-state index is 14.0. The molecule has 3 aromatic carbocycles. The molecule has 5 rings (SSSR count). The van der Waals surface area contributed by atoms with Gasteiger partial charge in [-0.05, 0) is 48.2 Å². The van der Waals surface area contributed by atoms with E-state index in [0.29, 0.717) is 23.6 Å². The fourth-order valence-electron chi connectivity index (χ4n) is 4.81. The molecule has 36 heavy (non-hydrogen) atoms. The monoisotopic (exact) mass is 488 g/mol. The van der Waals surface area contributed by atoms with E-state index in [1.54, 1.807) is 19.2 Å². The van der Waals surface area contributed by atoms with Gasteiger partial charge in [-0.25, -0.2) is 4.39 Å². The van der Waals surface area contributed by atoms with E-state index in [1.165, 1.54) is 13.2 Å². The third-order valence-corrected chi connectivity index (χ3v) is 6.71. The zero-order valence-corrected chi connectivity index (χ0v) is 20.4. The van der Waals surface area contributed by atoms with Crippen molar-refractivity contribution in [2.75, 3.05) is 27.3 Å². The lowest BCUT2D eigenvalue weighted by atomic mass is 10.0. The molecule has 0 saturated carbocycles. The highest BCUT2D eigenvalue weighted by Gasteiger charge is 2.26. The number of methoxy groups -OCH3 is 2. The van der Waals surface area contributed by atoms with Crippen LogP contribution in [0.15, 0.2) is 71.1 Å². The minimum absolute atomic E-state index is 0.0349. The van der Waals surface area contributed by atoms with Crippen LogP contribution in [0.2, 0.25) is 0 Å². The molecule has 1 aromatic heterocycles. The number of amides is 1. The normalized spacial score (nSPS) is 14.6. The second-order valence-corrected chi connectivity index (χ2v) is 9.03. The van der Waals surface area contributed by atoms with Gasteiger partial charge in [0, 0.05) is 42.7 Å². The van der Waals surface area contributed by atoms with Gasteiger partial charge in [-0.2, -0.15) is 0 Å². The maximum Gasteiger partial charge on any atom is 0.287 e. The molecule has 2 heterocycles. The lowest BCUT2D eigenvalue weighted by molar-refractivity contribution is 0.0884. The first-order chi connectivity index (χ1) is 17.6. The van der Waals surface area contributed by atoms with E-state index in [4.69, 9.17) is 13.9 Å². The van der Waals surface area contributed by atoms with Crippen LogP contribution < -0.4 is 14.8 Å². The van der Waals surface area contributed by atoms with Crippen LogP contribution in [0, 0.1) is 5.82 Å². The third-order valence-electron chi connectivity index (χ3n) is 6.71. The Balaban J connectivity index is 1.29. The third kappa shape index (κ3) is 4.93. The number of likely N-dealkylation sites (tertiary alicyclic amines) is 1. The van der Waals surface area contributed by atoms with E-state index in [0.717, 1.165) is 48.0 Å². The molecule has 0 radical (unpaired) electrons. The number of rotatable bonds is 7. The first-order valence-electron chi connectivity index (χ1n) is 12.1. The highest BCUT2D eigenvalue weighted by Crippen LogP contribution is 2.36. The smallest absolute Gasteiger partial charge is 0.287 e. The first kappa shape index (κ1) is 23.9. The van der Waals surface area contributed by atoms with Crippen molar-refractivity contribution in [1.82, 2.24) is 10.2 Å². The molecule has 186 valence electrons. The van der Waals surface area contributed by atoms with Gasteiger partial charge < -0.3 is 19.2 Å². The Bertz CT molecular complexity index is 1360. The minimum atomic E-state index is -0.352. The summed E-state index contributed by atoms with van der Waals surface area (Å²) < 4.78 is 30.5. The maximum atomic E-state index is 14.0. The van der Waals surface area contributed by atoms with Crippen molar-refractivity contribution in [3.63, 3.8) is 0 Å². The molecule has 1 amide bonds. The van der Waals surface area contributed by atoms with E-state index >= 15 is 0 Å². The molecule has 7 heteroatoms. The number of fused-ring (bicyclic) bond motifs is 1. The van der Waals surface area contributed by atoms with Gasteiger partial charge in [-0.15, -0.1) is 0 Å². The molecule has 0 unspecified atom stereocenters. The SMILES string of the molecule is COc1ccc2c(-c3ccccc3)c(C(=O)NC3CCN(Cc4ccc(OC)c(F)c4)CC3)oc2c1. The van der Waals surface area contributed by atoms with Crippen molar-refractivity contribution in [1.29, 1.82) is 0 Å². The summed E-state index contributed by atoms with van der Waals surface area (Å²) in [6.07, 6.45) is 1.61. The minimum Gasteiger partial charge on any atom is -0.497 e. The standard InChI is InChI=1S/C29H29FN2O4/c1-34-22-9-10-23-26(17-22)36-28(27(23)20-6-4-3-5-7-20)29(33)31-21-12-14-32(15-13-21)18-19-8-11-25(35-2)24(30)16-19/h3-11,16-17,21H,12-15,18H2,1-2H3,(H,31,33). The Morgan fingerprint density at radius 3 is 2.50 bits per heavy atom. The highest BCUT2D eigenvalue weighted by atomic mass is 19.1. The van der Waals surface area contributed by atoms with E-state index in [9.17, 15) is 9.18 Å². The van der Waals surface area contributed by atoms with E-state index < -0.39 is 0 Å². The van der Waals surface area contributed by atoms with Crippen molar-refractivity contribution in [3.8, 4) is 22.6 Å². The van der Waals surface area contributed by atoms with Crippen molar-refractivity contribution >= 4 is 16.9 Å². The van der Waals surface area contributed by atoms with Crippen molar-refractivity contribution in [3.05, 3.63) is 83.9 Å². The summed E-state index contributed by atoms with van der Waals surface area (Å²) in [6.45, 7) is 2.27. The van der Waals surface area contributed by atoms with Gasteiger partial charge in [0.25, 0.3) is 5.91 Å². The summed E-state index contributed by atoms with van der Waals surface area (Å²) in [7, 11) is 3.06. The molecule has 1 aliphatic rings. The summed E-state index contributed by atoms with van der Waals surface area (Å²) >= 11 is 0. The Kier molecular flexibility index (Phi) is 6.91. The lowest BCUT2D eigenvalue weighted by Crippen LogP contribution is -2.44. The van der Waals surface area contributed by atoms with Gasteiger partial charge >= 0.3 is 0 Å². The zero-order valence-electron chi connectivity index (χ0n) is 20.4. The number of hydrogen-bond donors (Lipinski definition) is 1. The molecular weight excluding hydrogens is 459 g/mol. The van der Waals surface area contributed by atoms with Gasteiger partial charge in [0.15, 0.2) is 11.6 Å². The van der Waals surface area contributed by atoms with Crippen molar-refractivity contribution in [2.24, 2.45) is 0 Å². The van der Waals surface area contributed by atoms with E-state index in [2.05, 4.69) is 10.2 Å². The second kappa shape index (κ2) is 10.4. The Hall–Kier alpha value is -3.84. The van der Waals surface area contributed by atoms with Crippen LogP contribution in [0.5, 0.6) is 11.5 Å². The van der Waals surface area contributed by atoms with Crippen molar-refractivity contribution < 1.29 is 23.1 Å². The van der Waals surface area contributed by atoms with Gasteiger partial charge in [-0.1, -0.05) is 36.4 Å². The Morgan fingerprint density at radius 2 is 1.81 bits per heavy atom. The first-order valence-corrected chi connectivity index (χ1v) is 12.1. The number of ether oxygens (including phenoxy) is 2. The molecule has 1 N–H and O–H groups in total. The molecule has 0 spiro atoms. The van der Waals surface area contributed by atoms with Gasteiger partial charge in [0.2, 0.25) is 5.76 Å². The number of hydrogen-bond acceptors (Lipinski definition) is 5. The summed E-state index contributed by atoms with van der Waals surface area (Å²) in [5.74, 6) is 0.654. The predicted molar refractivity (Wildman–Crippen MR) is 137 cm³/mol. The van der Waals surface area contributed by atoms with Crippen LogP contribution in [0.25, 0.3) is 22.1 Å². The van der Waals surface area contributed by atoms with E-state index in [1.807, 2.05) is 48.5 Å². The average Bonchev–Trinajstić information content (AvgIpc) is 3.29. The summed E-state index contributed by atoms with van der Waals surface area (Å²) in [6, 6.07) is 20.5. The zero-order chi connectivity index (χ0) is 25.1. The largest absolute Gasteiger partial charge is 0.497 e. The fraction of sp³-hybridized carbons (Fsp3) is 0.276. The number of benzene rings is 3. The molecule has 1 saturated heterocycles. The number of carbonyl (C=O) groups excluding carboxylic acids is 1. The van der Waals surface area contributed by atoms with Crippen LogP contribution in [0.1, 0.15) is 29.0 Å². The molecule has 0 aliphatic carbocycles. The van der Waals surface area contributed by atoms with Gasteiger partial charge in [0.05, 0.1) is 14.2 Å². The van der Waals surface area contributed by atoms with Crippen LogP contribution in [-0.2, 0) is 6.54 Å². The predicted octanol–water partition coefficient (Wildman–Crippen LogP) is 5.65. The average molecular weight is 489 g/mol. The quantitative estimate of drug-likeness (QED) is 0.364. The number of halogens is 1. The number of piperidine rings is 1. The number of nitrogens with zero attached hydrogens (tertiary/aromatic N) is 1. The lowest BCUT2D eigenvalue weighted by Gasteiger charge is -2.32. The molecule has 1 fully saturated rings. The summed E-state index contributed by atoms with van der Waals surface area (Å²) in [5, 5.41) is 4.05. The van der Waals surface area contributed by atoms with Crippen LogP contribution in [-0.4, -0.2) is 44.2 Å². The molecule has 0 bridgehead atoms. The van der Waals surface area contributed by atoms with E-state index in [-0.39, 0.29) is 23.5 Å². The summed E-state index contributed by atoms with van der Waals surface area (Å²) in [5.41, 5.74) is 3.22. The van der Waals surface area contributed by atoms with Crippen LogP contribution in [0.3, 0.4) is 0 Å².